The van der Waals surface area contributed by atoms with Gasteiger partial charge >= 0.3 is 0 Å². The Morgan fingerprint density at radius 3 is 2.54 bits per heavy atom. The van der Waals surface area contributed by atoms with Crippen LogP contribution in [0.3, 0.4) is 0 Å². The van der Waals surface area contributed by atoms with Crippen LogP contribution in [0.15, 0.2) is 72.9 Å². The molecule has 8 heteroatoms. The molecule has 0 radical (unpaired) electrons. The number of carbonyl (C=O) groups excluding carboxylic acids is 1. The van der Waals surface area contributed by atoms with E-state index in [1.165, 1.54) is 24.4 Å². The first-order valence-corrected chi connectivity index (χ1v) is 11.1. The highest BCUT2D eigenvalue weighted by Crippen LogP contribution is 2.21. The van der Waals surface area contributed by atoms with Gasteiger partial charge in [0.05, 0.1) is 17.2 Å². The third-order valence-corrected chi connectivity index (χ3v) is 5.67. The smallest absolute Gasteiger partial charge is 0.255 e. The first-order chi connectivity index (χ1) is 17.0. The van der Waals surface area contributed by atoms with Crippen LogP contribution in [0, 0.1) is 17.1 Å². The summed E-state index contributed by atoms with van der Waals surface area (Å²) in [5.41, 5.74) is 11.0. The molecular weight excluding hydrogens is 443 g/mol. The number of pyridine rings is 1. The van der Waals surface area contributed by atoms with Gasteiger partial charge < -0.3 is 21.4 Å². The lowest BCUT2D eigenvalue weighted by atomic mass is 10.1. The molecule has 176 valence electrons. The fourth-order valence-electron chi connectivity index (χ4n) is 3.66. The molecule has 1 unspecified atom stereocenters. The fraction of sp³-hybridized carbons (Fsp3) is 0.148. The lowest BCUT2D eigenvalue weighted by Gasteiger charge is -2.16. The first kappa shape index (κ1) is 23.7. The van der Waals surface area contributed by atoms with Crippen molar-refractivity contribution in [3.63, 3.8) is 0 Å². The molecule has 0 aliphatic carbocycles. The molecule has 35 heavy (non-hydrogen) atoms. The van der Waals surface area contributed by atoms with Gasteiger partial charge in [-0.15, -0.1) is 0 Å². The van der Waals surface area contributed by atoms with E-state index in [2.05, 4.69) is 20.6 Å². The Labute approximate surface area is 202 Å². The largest absolute Gasteiger partial charge is 0.365 e. The molecule has 2 heterocycles. The average molecular weight is 469 g/mol. The Morgan fingerprint density at radius 2 is 1.89 bits per heavy atom. The summed E-state index contributed by atoms with van der Waals surface area (Å²) in [7, 11) is 0. The average Bonchev–Trinajstić information content (AvgIpc) is 3.37. The molecule has 4 rings (SSSR count). The predicted molar refractivity (Wildman–Crippen MR) is 133 cm³/mol. The predicted octanol–water partition coefficient (Wildman–Crippen LogP) is 4.65. The number of rotatable bonds is 8. The van der Waals surface area contributed by atoms with Gasteiger partial charge in [-0.05, 0) is 53.9 Å². The van der Waals surface area contributed by atoms with Crippen LogP contribution in [-0.2, 0) is 13.1 Å². The van der Waals surface area contributed by atoms with Gasteiger partial charge in [-0.2, -0.15) is 5.26 Å². The van der Waals surface area contributed by atoms with Crippen LogP contribution in [0.5, 0.6) is 0 Å². The molecule has 0 bridgehead atoms. The quantitative estimate of drug-likeness (QED) is 0.300. The number of nitrogens with one attached hydrogen (secondary N) is 3. The minimum absolute atomic E-state index is 0.260. The lowest BCUT2D eigenvalue weighted by molar-refractivity contribution is 0.0940. The number of nitriles is 1. The number of halogens is 1. The van der Waals surface area contributed by atoms with Crippen molar-refractivity contribution in [1.82, 2.24) is 15.3 Å². The van der Waals surface area contributed by atoms with E-state index in [1.54, 1.807) is 12.1 Å². The van der Waals surface area contributed by atoms with E-state index in [-0.39, 0.29) is 28.9 Å². The normalized spacial score (nSPS) is 11.5. The van der Waals surface area contributed by atoms with Crippen molar-refractivity contribution < 1.29 is 9.18 Å². The number of amides is 1. The van der Waals surface area contributed by atoms with Crippen LogP contribution in [0.2, 0.25) is 0 Å². The van der Waals surface area contributed by atoms with Gasteiger partial charge in [0.1, 0.15) is 17.7 Å². The van der Waals surface area contributed by atoms with E-state index < -0.39 is 0 Å². The Hall–Kier alpha value is -4.48. The maximum Gasteiger partial charge on any atom is 0.255 e. The zero-order valence-corrected chi connectivity index (χ0v) is 19.2. The lowest BCUT2D eigenvalue weighted by Crippen LogP contribution is -2.28. The molecule has 1 amide bonds. The number of aromatic amines is 1. The molecule has 1 atom stereocenters. The second-order valence-corrected chi connectivity index (χ2v) is 8.13. The van der Waals surface area contributed by atoms with Crippen LogP contribution in [-0.4, -0.2) is 15.9 Å². The van der Waals surface area contributed by atoms with E-state index >= 15 is 0 Å². The molecule has 0 saturated heterocycles. The number of benzene rings is 2. The maximum absolute atomic E-state index is 13.2. The molecule has 4 aromatic rings. The van der Waals surface area contributed by atoms with Crippen LogP contribution < -0.4 is 16.4 Å². The SMILES string of the molecule is CC(NC(=O)c1cc(C#N)cnc1NCc1ccc(-c2ccc(CN)[nH]2)cc1)c1ccc(F)cc1. The summed E-state index contributed by atoms with van der Waals surface area (Å²) in [6.45, 7) is 2.70. The van der Waals surface area contributed by atoms with Crippen molar-refractivity contribution >= 4 is 11.7 Å². The second-order valence-electron chi connectivity index (χ2n) is 8.13. The topological polar surface area (TPSA) is 120 Å². The fourth-order valence-corrected chi connectivity index (χ4v) is 3.66. The molecule has 5 N–H and O–H groups in total. The molecule has 0 fully saturated rings. The highest BCUT2D eigenvalue weighted by molar-refractivity contribution is 5.99. The van der Waals surface area contributed by atoms with Crippen molar-refractivity contribution in [3.8, 4) is 17.3 Å². The van der Waals surface area contributed by atoms with Gasteiger partial charge in [0.15, 0.2) is 0 Å². The van der Waals surface area contributed by atoms with Gasteiger partial charge in [-0.3, -0.25) is 4.79 Å². The number of nitrogens with zero attached hydrogens (tertiary/aromatic N) is 2. The van der Waals surface area contributed by atoms with Crippen LogP contribution in [0.4, 0.5) is 10.2 Å². The summed E-state index contributed by atoms with van der Waals surface area (Å²) < 4.78 is 13.2. The maximum atomic E-state index is 13.2. The van der Waals surface area contributed by atoms with Crippen LogP contribution in [0.1, 0.15) is 45.7 Å². The monoisotopic (exact) mass is 468 g/mol. The summed E-state index contributed by atoms with van der Waals surface area (Å²) in [6.07, 6.45) is 1.42. The standard InChI is InChI=1S/C27H25FN6O/c1-17(20-6-8-22(28)9-7-20)33-27(35)24-12-19(13-29)16-32-26(24)31-15-18-2-4-21(5-3-18)25-11-10-23(14-30)34-25/h2-12,16-17,34H,14-15,30H2,1H3,(H,31,32)(H,33,35). The molecule has 0 aliphatic heterocycles. The van der Waals surface area contributed by atoms with Gasteiger partial charge in [0.25, 0.3) is 5.91 Å². The molecular formula is C27H25FN6O. The Bertz CT molecular complexity index is 1360. The number of carbonyl (C=O) groups is 1. The molecule has 0 saturated carbocycles. The number of nitrogens with two attached hydrogens (primary N) is 1. The Kier molecular flexibility index (Phi) is 7.19. The van der Waals surface area contributed by atoms with Crippen molar-refractivity contribution in [2.75, 3.05) is 5.32 Å². The summed E-state index contributed by atoms with van der Waals surface area (Å²) >= 11 is 0. The number of H-pyrrole nitrogens is 1. The Morgan fingerprint density at radius 1 is 1.14 bits per heavy atom. The number of hydrogen-bond acceptors (Lipinski definition) is 5. The molecule has 0 aliphatic rings. The third kappa shape index (κ3) is 5.72. The number of hydrogen-bond donors (Lipinski definition) is 4. The minimum Gasteiger partial charge on any atom is -0.365 e. The summed E-state index contributed by atoms with van der Waals surface area (Å²) in [6, 6.07) is 21.1. The van der Waals surface area contributed by atoms with Crippen LogP contribution in [0.25, 0.3) is 11.3 Å². The minimum atomic E-state index is -0.383. The zero-order valence-electron chi connectivity index (χ0n) is 19.2. The highest BCUT2D eigenvalue weighted by Gasteiger charge is 2.17. The van der Waals surface area contributed by atoms with Crippen molar-refractivity contribution in [2.45, 2.75) is 26.1 Å². The molecule has 7 nitrogen and oxygen atoms in total. The third-order valence-electron chi connectivity index (χ3n) is 5.67. The van der Waals surface area contributed by atoms with E-state index in [0.717, 1.165) is 28.1 Å². The van der Waals surface area contributed by atoms with Gasteiger partial charge in [-0.1, -0.05) is 36.4 Å². The zero-order chi connectivity index (χ0) is 24.8. The summed E-state index contributed by atoms with van der Waals surface area (Å²) in [5, 5.41) is 15.4. The highest BCUT2D eigenvalue weighted by atomic mass is 19.1. The first-order valence-electron chi connectivity index (χ1n) is 11.1. The van der Waals surface area contributed by atoms with E-state index in [4.69, 9.17) is 5.73 Å². The molecule has 2 aromatic carbocycles. The number of aromatic nitrogens is 2. The van der Waals surface area contributed by atoms with Gasteiger partial charge in [0.2, 0.25) is 0 Å². The van der Waals surface area contributed by atoms with Gasteiger partial charge in [0, 0.05) is 30.7 Å². The second kappa shape index (κ2) is 10.6. The number of anilines is 1. The summed E-state index contributed by atoms with van der Waals surface area (Å²) in [5.74, 6) is -0.355. The van der Waals surface area contributed by atoms with Gasteiger partial charge in [-0.25, -0.2) is 9.37 Å². The van der Waals surface area contributed by atoms with Crippen molar-refractivity contribution in [1.29, 1.82) is 5.26 Å². The summed E-state index contributed by atoms with van der Waals surface area (Å²) in [4.78, 5) is 20.6. The van der Waals surface area contributed by atoms with E-state index in [1.807, 2.05) is 49.4 Å². The molecule has 0 spiro atoms. The van der Waals surface area contributed by atoms with E-state index in [9.17, 15) is 14.4 Å². The van der Waals surface area contributed by atoms with Crippen molar-refractivity contribution in [2.24, 2.45) is 5.73 Å². The van der Waals surface area contributed by atoms with Crippen LogP contribution >= 0.6 is 0 Å². The molecule has 2 aromatic heterocycles. The Balaban J connectivity index is 1.47. The van der Waals surface area contributed by atoms with Crippen molar-refractivity contribution in [3.05, 3.63) is 107 Å². The van der Waals surface area contributed by atoms with E-state index in [0.29, 0.717) is 18.9 Å².